The van der Waals surface area contributed by atoms with Gasteiger partial charge >= 0.3 is 0 Å². The number of benzene rings is 2. The van der Waals surface area contributed by atoms with E-state index in [1.165, 1.54) is 0 Å². The molecular formula is C24H27ClN8. The molecule has 2 heterocycles. The van der Waals surface area contributed by atoms with Gasteiger partial charge in [-0.2, -0.15) is 20.1 Å². The Bertz CT molecular complexity index is 1220. The second kappa shape index (κ2) is 9.56. The molecule has 0 aliphatic rings. The van der Waals surface area contributed by atoms with Gasteiger partial charge in [-0.25, -0.2) is 4.68 Å². The lowest BCUT2D eigenvalue weighted by molar-refractivity contribution is 0.244. The first-order valence-electron chi connectivity index (χ1n) is 10.6. The SMILES string of the molecule is C[C@H](c1nc(N)nc(N(C)C)n1)N(C)Cc1cn(-c2ccccc2)nc1-c1ccc(Cl)cc1. The molecule has 4 aromatic rings. The average molecular weight is 463 g/mol. The van der Waals surface area contributed by atoms with Crippen LogP contribution in [-0.2, 0) is 6.54 Å². The molecule has 170 valence electrons. The third-order valence-corrected chi connectivity index (χ3v) is 5.69. The van der Waals surface area contributed by atoms with Gasteiger partial charge in [0.1, 0.15) is 0 Å². The minimum absolute atomic E-state index is 0.0906. The Balaban J connectivity index is 1.67. The Hall–Kier alpha value is -3.49. The van der Waals surface area contributed by atoms with E-state index in [4.69, 9.17) is 22.4 Å². The first-order chi connectivity index (χ1) is 15.8. The van der Waals surface area contributed by atoms with Gasteiger partial charge in [0.05, 0.1) is 17.4 Å². The number of anilines is 2. The number of rotatable bonds is 7. The minimum atomic E-state index is -0.0906. The van der Waals surface area contributed by atoms with E-state index in [1.54, 1.807) is 0 Å². The molecule has 0 spiro atoms. The number of nitrogen functional groups attached to an aromatic ring is 1. The Morgan fingerprint density at radius 1 is 0.970 bits per heavy atom. The highest BCUT2D eigenvalue weighted by atomic mass is 35.5. The van der Waals surface area contributed by atoms with Crippen LogP contribution in [0.5, 0.6) is 0 Å². The van der Waals surface area contributed by atoms with Gasteiger partial charge in [0, 0.05) is 43.0 Å². The van der Waals surface area contributed by atoms with E-state index in [1.807, 2.05) is 85.3 Å². The zero-order chi connectivity index (χ0) is 23.5. The van der Waals surface area contributed by atoms with Gasteiger partial charge in [-0.15, -0.1) is 0 Å². The summed E-state index contributed by atoms with van der Waals surface area (Å²) in [4.78, 5) is 17.1. The summed E-state index contributed by atoms with van der Waals surface area (Å²) in [7, 11) is 5.79. The number of nitrogens with two attached hydrogens (primary N) is 1. The van der Waals surface area contributed by atoms with Crippen molar-refractivity contribution < 1.29 is 0 Å². The lowest BCUT2D eigenvalue weighted by atomic mass is 10.1. The summed E-state index contributed by atoms with van der Waals surface area (Å²) in [5.41, 5.74) is 9.91. The Morgan fingerprint density at radius 2 is 1.67 bits per heavy atom. The van der Waals surface area contributed by atoms with E-state index < -0.39 is 0 Å². The molecule has 1 atom stereocenters. The number of hydrogen-bond donors (Lipinski definition) is 1. The second-order valence-electron chi connectivity index (χ2n) is 8.13. The maximum Gasteiger partial charge on any atom is 0.229 e. The van der Waals surface area contributed by atoms with E-state index in [0.717, 1.165) is 22.5 Å². The van der Waals surface area contributed by atoms with Gasteiger partial charge in [-0.3, -0.25) is 4.90 Å². The fourth-order valence-corrected chi connectivity index (χ4v) is 3.60. The molecule has 2 N–H and O–H groups in total. The maximum atomic E-state index is 6.11. The molecule has 33 heavy (non-hydrogen) atoms. The van der Waals surface area contributed by atoms with Crippen LogP contribution in [0.25, 0.3) is 16.9 Å². The van der Waals surface area contributed by atoms with Gasteiger partial charge in [0.2, 0.25) is 11.9 Å². The summed E-state index contributed by atoms with van der Waals surface area (Å²) in [6.07, 6.45) is 2.06. The standard InChI is InChI=1S/C24H27ClN8/c1-16(22-27-23(26)29-24(28-22)31(2)3)32(4)14-18-15-33(20-8-6-5-7-9-20)30-21(18)17-10-12-19(25)13-11-17/h5-13,15-16H,14H2,1-4H3,(H2,26,27,28,29)/t16-/m1/s1. The van der Waals surface area contributed by atoms with Crippen LogP contribution in [0.15, 0.2) is 60.8 Å². The molecule has 8 nitrogen and oxygen atoms in total. The van der Waals surface area contributed by atoms with Crippen molar-refractivity contribution in [3.8, 4) is 16.9 Å². The first-order valence-corrected chi connectivity index (χ1v) is 11.0. The summed E-state index contributed by atoms with van der Waals surface area (Å²) in [6.45, 7) is 2.69. The number of aromatic nitrogens is 5. The highest BCUT2D eigenvalue weighted by molar-refractivity contribution is 6.30. The molecule has 2 aromatic carbocycles. The van der Waals surface area contributed by atoms with Crippen LogP contribution in [0.3, 0.4) is 0 Å². The van der Waals surface area contributed by atoms with Crippen LogP contribution in [0.2, 0.25) is 5.02 Å². The van der Waals surface area contributed by atoms with Gasteiger partial charge in [0.25, 0.3) is 0 Å². The summed E-state index contributed by atoms with van der Waals surface area (Å²) in [6, 6.07) is 17.7. The molecule has 0 radical (unpaired) electrons. The molecular weight excluding hydrogens is 436 g/mol. The third-order valence-electron chi connectivity index (χ3n) is 5.44. The van der Waals surface area contributed by atoms with Crippen molar-refractivity contribution in [1.29, 1.82) is 0 Å². The van der Waals surface area contributed by atoms with Crippen LogP contribution >= 0.6 is 11.6 Å². The molecule has 9 heteroatoms. The van der Waals surface area contributed by atoms with E-state index >= 15 is 0 Å². The van der Waals surface area contributed by atoms with Crippen LogP contribution in [-0.4, -0.2) is 50.8 Å². The van der Waals surface area contributed by atoms with Crippen molar-refractivity contribution in [2.24, 2.45) is 0 Å². The lowest BCUT2D eigenvalue weighted by Crippen LogP contribution is -2.25. The van der Waals surface area contributed by atoms with Crippen molar-refractivity contribution >= 4 is 23.5 Å². The Kier molecular flexibility index (Phi) is 6.57. The first kappa shape index (κ1) is 22.7. The average Bonchev–Trinajstić information content (AvgIpc) is 3.22. The van der Waals surface area contributed by atoms with Gasteiger partial charge in [0.15, 0.2) is 5.82 Å². The molecule has 4 rings (SSSR count). The maximum absolute atomic E-state index is 6.11. The van der Waals surface area contributed by atoms with Crippen LogP contribution in [0.4, 0.5) is 11.9 Å². The van der Waals surface area contributed by atoms with Crippen molar-refractivity contribution in [3.05, 3.63) is 77.2 Å². The molecule has 0 amide bonds. The molecule has 0 saturated carbocycles. The van der Waals surface area contributed by atoms with Crippen LogP contribution < -0.4 is 10.6 Å². The molecule has 0 saturated heterocycles. The smallest absolute Gasteiger partial charge is 0.229 e. The van der Waals surface area contributed by atoms with Gasteiger partial charge in [-0.05, 0) is 38.2 Å². The third kappa shape index (κ3) is 5.13. The number of nitrogens with zero attached hydrogens (tertiary/aromatic N) is 7. The summed E-state index contributed by atoms with van der Waals surface area (Å²) >= 11 is 6.11. The van der Waals surface area contributed by atoms with Crippen molar-refractivity contribution in [1.82, 2.24) is 29.6 Å². The predicted molar refractivity (Wildman–Crippen MR) is 132 cm³/mol. The lowest BCUT2D eigenvalue weighted by Gasteiger charge is -2.24. The van der Waals surface area contributed by atoms with Crippen molar-refractivity contribution in [2.75, 3.05) is 31.8 Å². The number of halogens is 1. The van der Waals surface area contributed by atoms with Gasteiger partial charge < -0.3 is 10.6 Å². The summed E-state index contributed by atoms with van der Waals surface area (Å²) < 4.78 is 1.91. The van der Waals surface area contributed by atoms with Crippen molar-refractivity contribution in [2.45, 2.75) is 19.5 Å². The van der Waals surface area contributed by atoms with E-state index in [0.29, 0.717) is 23.3 Å². The van der Waals surface area contributed by atoms with E-state index in [2.05, 4.69) is 33.0 Å². The number of hydrogen-bond acceptors (Lipinski definition) is 7. The zero-order valence-corrected chi connectivity index (χ0v) is 19.9. The zero-order valence-electron chi connectivity index (χ0n) is 19.1. The molecule has 2 aromatic heterocycles. The van der Waals surface area contributed by atoms with Crippen LogP contribution in [0.1, 0.15) is 24.4 Å². The van der Waals surface area contributed by atoms with E-state index in [9.17, 15) is 0 Å². The molecule has 0 unspecified atom stereocenters. The highest BCUT2D eigenvalue weighted by Crippen LogP contribution is 2.28. The summed E-state index contributed by atoms with van der Waals surface area (Å²) in [5.74, 6) is 1.37. The van der Waals surface area contributed by atoms with Crippen LogP contribution in [0, 0.1) is 0 Å². The monoisotopic (exact) mass is 462 g/mol. The molecule has 0 bridgehead atoms. The second-order valence-corrected chi connectivity index (χ2v) is 8.56. The van der Waals surface area contributed by atoms with E-state index in [-0.39, 0.29) is 12.0 Å². The highest BCUT2D eigenvalue weighted by Gasteiger charge is 2.21. The molecule has 0 fully saturated rings. The predicted octanol–water partition coefficient (Wildman–Crippen LogP) is 4.22. The summed E-state index contributed by atoms with van der Waals surface area (Å²) in [5, 5.41) is 5.59. The number of para-hydroxylation sites is 1. The quantitative estimate of drug-likeness (QED) is 0.439. The Morgan fingerprint density at radius 3 is 2.33 bits per heavy atom. The largest absolute Gasteiger partial charge is 0.368 e. The topological polar surface area (TPSA) is 89.0 Å². The Labute approximate surface area is 198 Å². The molecule has 0 aliphatic heterocycles. The van der Waals surface area contributed by atoms with Crippen molar-refractivity contribution in [3.63, 3.8) is 0 Å². The fourth-order valence-electron chi connectivity index (χ4n) is 3.48. The normalized spacial score (nSPS) is 12.2. The minimum Gasteiger partial charge on any atom is -0.368 e. The fraction of sp³-hybridized carbons (Fsp3) is 0.250. The van der Waals surface area contributed by atoms with Gasteiger partial charge in [-0.1, -0.05) is 41.9 Å². The molecule has 0 aliphatic carbocycles.